The molecule has 84 valence electrons. The van der Waals surface area contributed by atoms with E-state index in [1.807, 2.05) is 39.0 Å². The van der Waals surface area contributed by atoms with E-state index in [1.165, 1.54) is 10.8 Å². The van der Waals surface area contributed by atoms with E-state index in [0.717, 1.165) is 16.4 Å². The smallest absolute Gasteiger partial charge is 0.162 e. The van der Waals surface area contributed by atoms with Crippen molar-refractivity contribution < 1.29 is 9.47 Å². The van der Waals surface area contributed by atoms with Gasteiger partial charge in [0.25, 0.3) is 0 Å². The maximum atomic E-state index is 5.76. The fraction of sp³-hybridized carbons (Fsp3) is 0.455. The Hall–Kier alpha value is -0.480. The van der Waals surface area contributed by atoms with Gasteiger partial charge in [-0.2, -0.15) is 0 Å². The number of ether oxygens (including phenoxy) is 2. The minimum atomic E-state index is -0.219. The van der Waals surface area contributed by atoms with Crippen LogP contribution >= 0.6 is 22.5 Å². The van der Waals surface area contributed by atoms with Crippen LogP contribution in [0.25, 0.3) is 0 Å². The molecule has 0 aliphatic rings. The lowest BCUT2D eigenvalue weighted by molar-refractivity contribution is 0.125. The van der Waals surface area contributed by atoms with Crippen LogP contribution in [0.2, 0.25) is 0 Å². The normalized spacial score (nSPS) is 11.3. The Morgan fingerprint density at radius 1 is 1.20 bits per heavy atom. The first-order valence-corrected chi connectivity index (χ1v) is 6.51. The third kappa shape index (κ3) is 3.87. The molecule has 0 saturated heterocycles. The molecule has 1 aromatic rings. The summed E-state index contributed by atoms with van der Waals surface area (Å²) in [4.78, 5) is 1.04. The summed E-state index contributed by atoms with van der Waals surface area (Å²) in [6.45, 7) is 6.02. The topological polar surface area (TPSA) is 18.5 Å². The second kappa shape index (κ2) is 5.03. The molecule has 0 atom stereocenters. The fourth-order valence-corrected chi connectivity index (χ4v) is 1.75. The van der Waals surface area contributed by atoms with Crippen molar-refractivity contribution in [1.82, 2.24) is 0 Å². The molecule has 0 aliphatic heterocycles. The highest BCUT2D eigenvalue weighted by Crippen LogP contribution is 2.34. The minimum Gasteiger partial charge on any atom is -0.493 e. The van der Waals surface area contributed by atoms with Gasteiger partial charge in [0.15, 0.2) is 11.5 Å². The van der Waals surface area contributed by atoms with Crippen molar-refractivity contribution in [1.29, 1.82) is 0 Å². The predicted molar refractivity (Wildman–Crippen MR) is 68.2 cm³/mol. The summed E-state index contributed by atoms with van der Waals surface area (Å²) in [6.07, 6.45) is 0. The van der Waals surface area contributed by atoms with Crippen LogP contribution < -0.4 is 9.47 Å². The van der Waals surface area contributed by atoms with Gasteiger partial charge in [0.1, 0.15) is 5.60 Å². The van der Waals surface area contributed by atoms with Gasteiger partial charge in [-0.05, 0) is 39.0 Å². The molecule has 4 heteroatoms. The SMILES string of the molecule is COc1cc(SS)ccc1OC(C)(C)C. The summed E-state index contributed by atoms with van der Waals surface area (Å²) in [7, 11) is 3.02. The molecule has 0 amide bonds. The molecule has 0 aromatic heterocycles. The van der Waals surface area contributed by atoms with Gasteiger partial charge in [-0.1, -0.05) is 10.8 Å². The molecule has 0 fully saturated rings. The van der Waals surface area contributed by atoms with Crippen LogP contribution in [0.5, 0.6) is 11.5 Å². The highest BCUT2D eigenvalue weighted by Gasteiger charge is 2.15. The number of benzene rings is 1. The average molecular weight is 244 g/mol. The second-order valence-corrected chi connectivity index (χ2v) is 5.32. The highest BCUT2D eigenvalue weighted by atomic mass is 33.1. The van der Waals surface area contributed by atoms with E-state index < -0.39 is 0 Å². The van der Waals surface area contributed by atoms with Gasteiger partial charge in [-0.25, -0.2) is 0 Å². The van der Waals surface area contributed by atoms with Crippen molar-refractivity contribution in [2.75, 3.05) is 7.11 Å². The van der Waals surface area contributed by atoms with Crippen LogP contribution in [0.3, 0.4) is 0 Å². The maximum absolute atomic E-state index is 5.76. The van der Waals surface area contributed by atoms with Gasteiger partial charge in [0.2, 0.25) is 0 Å². The van der Waals surface area contributed by atoms with Crippen LogP contribution in [-0.2, 0) is 0 Å². The molecule has 2 nitrogen and oxygen atoms in total. The van der Waals surface area contributed by atoms with Gasteiger partial charge in [0.05, 0.1) is 7.11 Å². The lowest BCUT2D eigenvalue weighted by Crippen LogP contribution is -2.23. The quantitative estimate of drug-likeness (QED) is 0.644. The van der Waals surface area contributed by atoms with Gasteiger partial charge in [0, 0.05) is 4.90 Å². The Morgan fingerprint density at radius 2 is 1.87 bits per heavy atom. The average Bonchev–Trinajstić information content (AvgIpc) is 2.16. The molecule has 0 aliphatic carbocycles. The number of methoxy groups -OCH3 is 1. The number of thiol groups is 1. The summed E-state index contributed by atoms with van der Waals surface area (Å²) < 4.78 is 11.0. The molecule has 0 radical (unpaired) electrons. The lowest BCUT2D eigenvalue weighted by atomic mass is 10.2. The highest BCUT2D eigenvalue weighted by molar-refractivity contribution is 8.68. The van der Waals surface area contributed by atoms with Gasteiger partial charge >= 0.3 is 0 Å². The molecule has 0 saturated carbocycles. The van der Waals surface area contributed by atoms with Crippen molar-refractivity contribution in [2.24, 2.45) is 0 Å². The van der Waals surface area contributed by atoms with E-state index in [-0.39, 0.29) is 5.60 Å². The molecule has 0 unspecified atom stereocenters. The van der Waals surface area contributed by atoms with Gasteiger partial charge in [-0.3, -0.25) is 0 Å². The summed E-state index contributed by atoms with van der Waals surface area (Å²) >= 11 is 4.14. The number of rotatable bonds is 3. The first-order valence-electron chi connectivity index (χ1n) is 4.65. The largest absolute Gasteiger partial charge is 0.493 e. The first-order chi connectivity index (χ1) is 6.96. The van der Waals surface area contributed by atoms with Crippen LogP contribution in [-0.4, -0.2) is 12.7 Å². The zero-order valence-corrected chi connectivity index (χ0v) is 11.1. The van der Waals surface area contributed by atoms with Crippen LogP contribution in [0.4, 0.5) is 0 Å². The molecule has 1 aromatic carbocycles. The Labute approximate surface area is 100 Å². The first kappa shape index (κ1) is 12.6. The van der Waals surface area contributed by atoms with E-state index in [1.54, 1.807) is 7.11 Å². The molecule has 1 rings (SSSR count). The van der Waals surface area contributed by atoms with Crippen LogP contribution in [0, 0.1) is 0 Å². The molecule has 0 spiro atoms. The summed E-state index contributed by atoms with van der Waals surface area (Å²) in [6, 6.07) is 5.78. The van der Waals surface area contributed by atoms with Crippen LogP contribution in [0.15, 0.2) is 23.1 Å². The fourth-order valence-electron chi connectivity index (χ4n) is 1.12. The third-order valence-electron chi connectivity index (χ3n) is 1.66. The Bertz CT molecular complexity index is 332. The molecular weight excluding hydrogens is 228 g/mol. The minimum absolute atomic E-state index is 0.219. The van der Waals surface area contributed by atoms with Crippen LogP contribution in [0.1, 0.15) is 20.8 Å². The maximum Gasteiger partial charge on any atom is 0.162 e. The molecule has 15 heavy (non-hydrogen) atoms. The Balaban J connectivity index is 2.97. The van der Waals surface area contributed by atoms with Crippen molar-refractivity contribution in [3.05, 3.63) is 18.2 Å². The van der Waals surface area contributed by atoms with Gasteiger partial charge in [-0.15, -0.1) is 11.7 Å². The lowest BCUT2D eigenvalue weighted by Gasteiger charge is -2.22. The summed E-state index contributed by atoms with van der Waals surface area (Å²) in [5, 5.41) is 0. The third-order valence-corrected chi connectivity index (χ3v) is 2.75. The molecule has 0 N–H and O–H groups in total. The Kier molecular flexibility index (Phi) is 4.22. The summed E-state index contributed by atoms with van der Waals surface area (Å²) in [5.41, 5.74) is -0.219. The van der Waals surface area contributed by atoms with Crippen molar-refractivity contribution in [3.8, 4) is 11.5 Å². The van der Waals surface area contributed by atoms with E-state index in [2.05, 4.69) is 11.7 Å². The zero-order valence-electron chi connectivity index (χ0n) is 9.40. The monoisotopic (exact) mass is 244 g/mol. The Morgan fingerprint density at radius 3 is 2.33 bits per heavy atom. The molecular formula is C11H16O2S2. The standard InChI is InChI=1S/C11H16O2S2/c1-11(2,3)13-9-6-5-8(15-14)7-10(9)12-4/h5-7,14H,1-4H3. The van der Waals surface area contributed by atoms with Crippen molar-refractivity contribution >= 4 is 22.5 Å². The number of hydrogen-bond donors (Lipinski definition) is 1. The van der Waals surface area contributed by atoms with Crippen molar-refractivity contribution in [3.63, 3.8) is 0 Å². The predicted octanol–water partition coefficient (Wildman–Crippen LogP) is 3.81. The molecule has 0 heterocycles. The molecule has 0 bridgehead atoms. The second-order valence-electron chi connectivity index (χ2n) is 4.12. The summed E-state index contributed by atoms with van der Waals surface area (Å²) in [5.74, 6) is 1.50. The van der Waals surface area contributed by atoms with E-state index >= 15 is 0 Å². The zero-order chi connectivity index (χ0) is 11.5. The van der Waals surface area contributed by atoms with E-state index in [9.17, 15) is 0 Å². The van der Waals surface area contributed by atoms with E-state index in [0.29, 0.717) is 0 Å². The van der Waals surface area contributed by atoms with E-state index in [4.69, 9.17) is 9.47 Å². The van der Waals surface area contributed by atoms with Gasteiger partial charge < -0.3 is 9.47 Å². The van der Waals surface area contributed by atoms with Crippen molar-refractivity contribution in [2.45, 2.75) is 31.3 Å². The number of hydrogen-bond acceptors (Lipinski definition) is 4.